The number of hydrogen-bond acceptors (Lipinski definition) is 3. The zero-order chi connectivity index (χ0) is 12.8. The van der Waals surface area contributed by atoms with E-state index in [4.69, 9.17) is 10.5 Å². The molecular formula is C14H12N2O2. The minimum Gasteiger partial charge on any atom is -0.439 e. The number of benzene rings is 1. The van der Waals surface area contributed by atoms with E-state index in [-0.39, 0.29) is 0 Å². The van der Waals surface area contributed by atoms with Gasteiger partial charge in [0.05, 0.1) is 0 Å². The van der Waals surface area contributed by atoms with Crippen molar-refractivity contribution in [1.82, 2.24) is 4.98 Å². The molecule has 0 unspecified atom stereocenters. The minimum absolute atomic E-state index is 0.486. The molecule has 2 aromatic rings. The second kappa shape index (κ2) is 5.63. The second-order valence-electron chi connectivity index (χ2n) is 3.58. The Morgan fingerprint density at radius 2 is 1.94 bits per heavy atom. The Balaban J connectivity index is 2.06. The highest BCUT2D eigenvalue weighted by molar-refractivity contribution is 5.90. The molecule has 0 saturated heterocycles. The van der Waals surface area contributed by atoms with Crippen LogP contribution in [0.15, 0.2) is 54.7 Å². The van der Waals surface area contributed by atoms with Crippen LogP contribution < -0.4 is 10.5 Å². The number of nitrogens with zero attached hydrogens (tertiary/aromatic N) is 1. The molecule has 0 fully saturated rings. The summed E-state index contributed by atoms with van der Waals surface area (Å²) in [6, 6.07) is 12.9. The summed E-state index contributed by atoms with van der Waals surface area (Å²) in [7, 11) is 0. The topological polar surface area (TPSA) is 65.2 Å². The normalized spacial score (nSPS) is 10.4. The van der Waals surface area contributed by atoms with Crippen molar-refractivity contribution < 1.29 is 9.53 Å². The van der Waals surface area contributed by atoms with Gasteiger partial charge in [-0.2, -0.15) is 0 Å². The van der Waals surface area contributed by atoms with Gasteiger partial charge in [-0.15, -0.1) is 0 Å². The predicted octanol–water partition coefficient (Wildman–Crippen LogP) is 2.37. The number of ether oxygens (including phenoxy) is 1. The molecule has 2 rings (SSSR count). The van der Waals surface area contributed by atoms with E-state index < -0.39 is 5.91 Å². The number of aromatic nitrogens is 1. The summed E-state index contributed by atoms with van der Waals surface area (Å²) < 4.78 is 5.53. The first-order chi connectivity index (χ1) is 8.74. The Hall–Kier alpha value is -2.62. The molecule has 18 heavy (non-hydrogen) atoms. The molecule has 0 aliphatic heterocycles. The van der Waals surface area contributed by atoms with Crippen LogP contribution in [0.4, 0.5) is 0 Å². The quantitative estimate of drug-likeness (QED) is 0.834. The lowest BCUT2D eigenvalue weighted by molar-refractivity contribution is -0.113. The maximum atomic E-state index is 10.6. The van der Waals surface area contributed by atoms with Crippen molar-refractivity contribution >= 4 is 12.0 Å². The number of nitrogens with two attached hydrogens (primary N) is 1. The summed E-state index contributed by atoms with van der Waals surface area (Å²) in [4.78, 5) is 14.7. The number of pyridine rings is 1. The van der Waals surface area contributed by atoms with Crippen molar-refractivity contribution in [3.05, 3.63) is 60.3 Å². The molecule has 0 aliphatic carbocycles. The fraction of sp³-hybridized carbons (Fsp3) is 0. The number of amides is 1. The number of hydrogen-bond donors (Lipinski definition) is 1. The number of para-hydroxylation sites is 1. The average Bonchev–Trinajstić information content (AvgIpc) is 2.39. The molecule has 0 spiro atoms. The Labute approximate surface area is 105 Å². The van der Waals surface area contributed by atoms with Crippen LogP contribution in [0.2, 0.25) is 0 Å². The number of carbonyl (C=O) groups is 1. The standard InChI is InChI=1S/C14H12N2O2/c15-13(17)8-6-11-7-9-14(16-10-11)18-12-4-2-1-3-5-12/h1-10H,(H2,15,17)/b8-6+. The van der Waals surface area contributed by atoms with Gasteiger partial charge in [-0.05, 0) is 29.8 Å². The lowest BCUT2D eigenvalue weighted by Crippen LogP contribution is -2.05. The summed E-state index contributed by atoms with van der Waals surface area (Å²) >= 11 is 0. The van der Waals surface area contributed by atoms with Gasteiger partial charge in [0.15, 0.2) is 0 Å². The molecule has 4 nitrogen and oxygen atoms in total. The van der Waals surface area contributed by atoms with E-state index >= 15 is 0 Å². The van der Waals surface area contributed by atoms with Crippen molar-refractivity contribution in [2.75, 3.05) is 0 Å². The van der Waals surface area contributed by atoms with E-state index in [1.807, 2.05) is 30.3 Å². The van der Waals surface area contributed by atoms with Gasteiger partial charge in [-0.3, -0.25) is 4.79 Å². The highest BCUT2D eigenvalue weighted by atomic mass is 16.5. The summed E-state index contributed by atoms with van der Waals surface area (Å²) in [6.07, 6.45) is 4.49. The Kier molecular flexibility index (Phi) is 3.71. The zero-order valence-corrected chi connectivity index (χ0v) is 9.61. The third-order valence-electron chi connectivity index (χ3n) is 2.16. The fourth-order valence-electron chi connectivity index (χ4n) is 1.34. The Morgan fingerprint density at radius 1 is 1.17 bits per heavy atom. The first-order valence-corrected chi connectivity index (χ1v) is 5.40. The van der Waals surface area contributed by atoms with Crippen molar-refractivity contribution in [2.45, 2.75) is 0 Å². The minimum atomic E-state index is -0.486. The molecule has 0 atom stereocenters. The summed E-state index contributed by atoms with van der Waals surface area (Å²) in [6.45, 7) is 0. The van der Waals surface area contributed by atoms with Crippen LogP contribution in [0.3, 0.4) is 0 Å². The van der Waals surface area contributed by atoms with E-state index in [2.05, 4.69) is 4.98 Å². The maximum Gasteiger partial charge on any atom is 0.241 e. The van der Waals surface area contributed by atoms with Crippen LogP contribution in [0.5, 0.6) is 11.6 Å². The second-order valence-corrected chi connectivity index (χ2v) is 3.58. The summed E-state index contributed by atoms with van der Waals surface area (Å²) in [5, 5.41) is 0. The maximum absolute atomic E-state index is 10.6. The van der Waals surface area contributed by atoms with E-state index in [0.717, 1.165) is 11.3 Å². The molecule has 1 heterocycles. The van der Waals surface area contributed by atoms with Gasteiger partial charge >= 0.3 is 0 Å². The van der Waals surface area contributed by atoms with Gasteiger partial charge in [0, 0.05) is 18.3 Å². The van der Waals surface area contributed by atoms with Crippen LogP contribution in [-0.4, -0.2) is 10.9 Å². The summed E-state index contributed by atoms with van der Waals surface area (Å²) in [5.74, 6) is 0.738. The molecule has 0 bridgehead atoms. The number of rotatable bonds is 4. The number of primary amides is 1. The van der Waals surface area contributed by atoms with Crippen molar-refractivity contribution in [1.29, 1.82) is 0 Å². The predicted molar refractivity (Wildman–Crippen MR) is 69.0 cm³/mol. The molecule has 0 radical (unpaired) electrons. The highest BCUT2D eigenvalue weighted by Gasteiger charge is 1.97. The largest absolute Gasteiger partial charge is 0.439 e. The zero-order valence-electron chi connectivity index (χ0n) is 9.61. The lowest BCUT2D eigenvalue weighted by Gasteiger charge is -2.03. The van der Waals surface area contributed by atoms with Crippen molar-refractivity contribution in [2.24, 2.45) is 5.73 Å². The molecule has 2 N–H and O–H groups in total. The SMILES string of the molecule is NC(=O)/C=C/c1ccc(Oc2ccccc2)nc1. The van der Waals surface area contributed by atoms with Crippen molar-refractivity contribution in [3.63, 3.8) is 0 Å². The smallest absolute Gasteiger partial charge is 0.241 e. The third-order valence-corrected chi connectivity index (χ3v) is 2.16. The van der Waals surface area contributed by atoms with Gasteiger partial charge in [-0.1, -0.05) is 18.2 Å². The highest BCUT2D eigenvalue weighted by Crippen LogP contribution is 2.18. The fourth-order valence-corrected chi connectivity index (χ4v) is 1.34. The van der Waals surface area contributed by atoms with Crippen LogP contribution in [0, 0.1) is 0 Å². The van der Waals surface area contributed by atoms with Crippen LogP contribution >= 0.6 is 0 Å². The van der Waals surface area contributed by atoms with Crippen LogP contribution in [0.25, 0.3) is 6.08 Å². The van der Waals surface area contributed by atoms with Crippen LogP contribution in [-0.2, 0) is 4.79 Å². The van der Waals surface area contributed by atoms with Gasteiger partial charge < -0.3 is 10.5 Å². The molecule has 0 saturated carbocycles. The van der Waals surface area contributed by atoms with Crippen molar-refractivity contribution in [3.8, 4) is 11.6 Å². The number of carbonyl (C=O) groups excluding carboxylic acids is 1. The first kappa shape index (κ1) is 11.9. The molecule has 0 aliphatic rings. The van der Waals surface area contributed by atoms with Gasteiger partial charge in [0.2, 0.25) is 11.8 Å². The van der Waals surface area contributed by atoms with E-state index in [9.17, 15) is 4.79 Å². The monoisotopic (exact) mass is 240 g/mol. The average molecular weight is 240 g/mol. The van der Waals surface area contributed by atoms with E-state index in [1.165, 1.54) is 6.08 Å². The van der Waals surface area contributed by atoms with E-state index in [0.29, 0.717) is 5.88 Å². The summed E-state index contributed by atoms with van der Waals surface area (Å²) in [5.41, 5.74) is 5.79. The van der Waals surface area contributed by atoms with Gasteiger partial charge in [-0.25, -0.2) is 4.98 Å². The van der Waals surface area contributed by atoms with Gasteiger partial charge in [0.1, 0.15) is 5.75 Å². The van der Waals surface area contributed by atoms with E-state index in [1.54, 1.807) is 24.4 Å². The molecule has 1 aromatic carbocycles. The lowest BCUT2D eigenvalue weighted by atomic mass is 10.2. The molecule has 1 aromatic heterocycles. The molecule has 90 valence electrons. The van der Waals surface area contributed by atoms with Gasteiger partial charge in [0.25, 0.3) is 0 Å². The molecule has 1 amide bonds. The Bertz CT molecular complexity index is 548. The molecular weight excluding hydrogens is 228 g/mol. The molecule has 4 heteroatoms. The first-order valence-electron chi connectivity index (χ1n) is 5.40. The third kappa shape index (κ3) is 3.45. The Morgan fingerprint density at radius 3 is 2.56 bits per heavy atom. The van der Waals surface area contributed by atoms with Crippen LogP contribution in [0.1, 0.15) is 5.56 Å².